The number of hydrogen-bond donors (Lipinski definition) is 2. The zero-order valence-corrected chi connectivity index (χ0v) is 15.4. The van der Waals surface area contributed by atoms with Crippen molar-refractivity contribution in [3.8, 4) is 16.9 Å². The maximum absolute atomic E-state index is 11.6. The van der Waals surface area contributed by atoms with Gasteiger partial charge in [0.15, 0.2) is 5.75 Å². The molecule has 0 aliphatic rings. The highest BCUT2D eigenvalue weighted by Gasteiger charge is 2.21. The third-order valence-electron chi connectivity index (χ3n) is 4.04. The van der Waals surface area contributed by atoms with Crippen LogP contribution in [0.25, 0.3) is 11.1 Å². The van der Waals surface area contributed by atoms with Gasteiger partial charge in [-0.3, -0.25) is 9.78 Å². The summed E-state index contributed by atoms with van der Waals surface area (Å²) in [5.41, 5.74) is 17.2. The van der Waals surface area contributed by atoms with E-state index in [9.17, 15) is 4.79 Å². The van der Waals surface area contributed by atoms with Crippen molar-refractivity contribution in [3.63, 3.8) is 0 Å². The van der Waals surface area contributed by atoms with E-state index in [2.05, 4.69) is 18.8 Å². The molecule has 0 aliphatic carbocycles. The Balaban J connectivity index is 2.73. The summed E-state index contributed by atoms with van der Waals surface area (Å²) >= 11 is 0. The van der Waals surface area contributed by atoms with Gasteiger partial charge in [0.1, 0.15) is 0 Å². The number of rotatable bonds is 6. The number of nitrogens with two attached hydrogens (primary N) is 2. The number of carbonyl (C=O) groups excluding carboxylic acids is 1. The van der Waals surface area contributed by atoms with Crippen LogP contribution in [-0.2, 0) is 24.3 Å². The lowest BCUT2D eigenvalue weighted by Crippen LogP contribution is -2.14. The van der Waals surface area contributed by atoms with Crippen molar-refractivity contribution >= 4 is 5.97 Å². The molecule has 1 aromatic carbocycles. The van der Waals surface area contributed by atoms with E-state index in [-0.39, 0.29) is 5.97 Å². The number of hydrogen-bond acceptors (Lipinski definition) is 5. The van der Waals surface area contributed by atoms with E-state index < -0.39 is 0 Å². The molecule has 0 saturated heterocycles. The summed E-state index contributed by atoms with van der Waals surface area (Å²) in [6, 6.07) is 7.93. The SMILES string of the molecule is CC(=O)Oc1c(C)nc(CC(C)C)c(CN)c1-c1ccc(CN)cc1. The summed E-state index contributed by atoms with van der Waals surface area (Å²) in [4.78, 5) is 16.3. The van der Waals surface area contributed by atoms with Crippen molar-refractivity contribution in [2.45, 2.75) is 47.2 Å². The van der Waals surface area contributed by atoms with E-state index in [1.807, 2.05) is 31.2 Å². The van der Waals surface area contributed by atoms with Gasteiger partial charge in [-0.2, -0.15) is 0 Å². The summed E-state index contributed by atoms with van der Waals surface area (Å²) in [5.74, 6) is 0.564. The Morgan fingerprint density at radius 1 is 1.16 bits per heavy atom. The molecular weight excluding hydrogens is 314 g/mol. The Morgan fingerprint density at radius 3 is 2.28 bits per heavy atom. The fourth-order valence-corrected chi connectivity index (χ4v) is 2.94. The van der Waals surface area contributed by atoms with Gasteiger partial charge in [0, 0.05) is 31.3 Å². The van der Waals surface area contributed by atoms with Crippen molar-refractivity contribution in [3.05, 3.63) is 46.8 Å². The molecule has 0 saturated carbocycles. The third-order valence-corrected chi connectivity index (χ3v) is 4.04. The number of benzene rings is 1. The molecule has 0 unspecified atom stereocenters. The van der Waals surface area contributed by atoms with Crippen molar-refractivity contribution in [1.82, 2.24) is 4.98 Å². The van der Waals surface area contributed by atoms with Crippen LogP contribution in [0.4, 0.5) is 0 Å². The summed E-state index contributed by atoms with van der Waals surface area (Å²) in [6.07, 6.45) is 0.821. The zero-order valence-electron chi connectivity index (χ0n) is 15.4. The smallest absolute Gasteiger partial charge is 0.308 e. The molecule has 0 radical (unpaired) electrons. The predicted octanol–water partition coefficient (Wildman–Crippen LogP) is 3.10. The molecule has 134 valence electrons. The average Bonchev–Trinajstić information content (AvgIpc) is 2.56. The maximum atomic E-state index is 11.6. The monoisotopic (exact) mass is 341 g/mol. The number of nitrogens with zero attached hydrogens (tertiary/aromatic N) is 1. The first-order chi connectivity index (χ1) is 11.9. The third kappa shape index (κ3) is 4.44. The number of ether oxygens (including phenoxy) is 1. The molecule has 0 amide bonds. The molecule has 0 atom stereocenters. The molecule has 0 bridgehead atoms. The lowest BCUT2D eigenvalue weighted by atomic mass is 9.93. The molecule has 5 nitrogen and oxygen atoms in total. The predicted molar refractivity (Wildman–Crippen MR) is 100 cm³/mol. The normalized spacial score (nSPS) is 11.0. The van der Waals surface area contributed by atoms with Crippen LogP contribution in [0.2, 0.25) is 0 Å². The van der Waals surface area contributed by atoms with E-state index >= 15 is 0 Å². The van der Waals surface area contributed by atoms with E-state index in [1.54, 1.807) is 0 Å². The van der Waals surface area contributed by atoms with E-state index in [0.29, 0.717) is 30.5 Å². The van der Waals surface area contributed by atoms with Crippen LogP contribution >= 0.6 is 0 Å². The van der Waals surface area contributed by atoms with Crippen LogP contribution < -0.4 is 16.2 Å². The van der Waals surface area contributed by atoms with Crippen molar-refractivity contribution in [2.24, 2.45) is 17.4 Å². The quantitative estimate of drug-likeness (QED) is 0.788. The molecule has 5 heteroatoms. The Bertz CT molecular complexity index is 753. The van der Waals surface area contributed by atoms with Gasteiger partial charge in [0.25, 0.3) is 0 Å². The molecule has 2 aromatic rings. The molecule has 25 heavy (non-hydrogen) atoms. The number of carbonyl (C=O) groups is 1. The average molecular weight is 341 g/mol. The molecule has 2 rings (SSSR count). The minimum atomic E-state index is -0.371. The Labute approximate surface area is 149 Å². The maximum Gasteiger partial charge on any atom is 0.308 e. The molecule has 0 spiro atoms. The highest BCUT2D eigenvalue weighted by atomic mass is 16.5. The van der Waals surface area contributed by atoms with Gasteiger partial charge in [-0.1, -0.05) is 38.1 Å². The topological polar surface area (TPSA) is 91.2 Å². The van der Waals surface area contributed by atoms with Crippen LogP contribution in [0.15, 0.2) is 24.3 Å². The van der Waals surface area contributed by atoms with Gasteiger partial charge in [0.2, 0.25) is 0 Å². The molecule has 4 N–H and O–H groups in total. The van der Waals surface area contributed by atoms with E-state index in [1.165, 1.54) is 6.92 Å². The van der Waals surface area contributed by atoms with Crippen LogP contribution in [0.3, 0.4) is 0 Å². The van der Waals surface area contributed by atoms with Gasteiger partial charge in [-0.25, -0.2) is 0 Å². The first kappa shape index (κ1) is 19.1. The van der Waals surface area contributed by atoms with Crippen molar-refractivity contribution in [1.29, 1.82) is 0 Å². The highest BCUT2D eigenvalue weighted by Crippen LogP contribution is 2.37. The highest BCUT2D eigenvalue weighted by molar-refractivity contribution is 5.80. The van der Waals surface area contributed by atoms with E-state index in [4.69, 9.17) is 16.2 Å². The Kier molecular flexibility index (Phi) is 6.28. The molecule has 1 aromatic heterocycles. The lowest BCUT2D eigenvalue weighted by Gasteiger charge is -2.20. The minimum Gasteiger partial charge on any atom is -0.424 e. The zero-order chi connectivity index (χ0) is 18.6. The second-order valence-corrected chi connectivity index (χ2v) is 6.62. The largest absolute Gasteiger partial charge is 0.424 e. The van der Waals surface area contributed by atoms with Crippen molar-refractivity contribution in [2.75, 3.05) is 0 Å². The Morgan fingerprint density at radius 2 is 1.80 bits per heavy atom. The standard InChI is InChI=1S/C20H27N3O2/c1-12(2)9-18-17(11-22)19(16-7-5-15(10-21)6-8-16)20(13(3)23-18)25-14(4)24/h5-8,12H,9-11,21-22H2,1-4H3. The van der Waals surface area contributed by atoms with Gasteiger partial charge in [-0.05, 0) is 36.0 Å². The number of esters is 1. The molecular formula is C20H27N3O2. The summed E-state index contributed by atoms with van der Waals surface area (Å²) in [5, 5.41) is 0. The number of aromatic nitrogens is 1. The number of pyridine rings is 1. The second-order valence-electron chi connectivity index (χ2n) is 6.62. The Hall–Kier alpha value is -2.24. The van der Waals surface area contributed by atoms with Gasteiger partial charge < -0.3 is 16.2 Å². The van der Waals surface area contributed by atoms with Crippen LogP contribution in [0, 0.1) is 12.8 Å². The fraction of sp³-hybridized carbons (Fsp3) is 0.400. The van der Waals surface area contributed by atoms with E-state index in [0.717, 1.165) is 34.4 Å². The fourth-order valence-electron chi connectivity index (χ4n) is 2.94. The first-order valence-electron chi connectivity index (χ1n) is 8.57. The van der Waals surface area contributed by atoms with Gasteiger partial charge >= 0.3 is 5.97 Å². The van der Waals surface area contributed by atoms with Crippen LogP contribution in [0.5, 0.6) is 5.75 Å². The molecule has 0 aliphatic heterocycles. The molecule has 0 fully saturated rings. The van der Waals surface area contributed by atoms with Crippen LogP contribution in [0.1, 0.15) is 43.3 Å². The molecule has 1 heterocycles. The van der Waals surface area contributed by atoms with Crippen LogP contribution in [-0.4, -0.2) is 11.0 Å². The first-order valence-corrected chi connectivity index (χ1v) is 8.57. The van der Waals surface area contributed by atoms with Crippen molar-refractivity contribution < 1.29 is 9.53 Å². The summed E-state index contributed by atoms with van der Waals surface area (Å²) in [6.45, 7) is 8.36. The number of aryl methyl sites for hydroxylation is 1. The van der Waals surface area contributed by atoms with Gasteiger partial charge in [0.05, 0.1) is 5.69 Å². The second kappa shape index (κ2) is 8.23. The summed E-state index contributed by atoms with van der Waals surface area (Å²) in [7, 11) is 0. The van der Waals surface area contributed by atoms with Gasteiger partial charge in [-0.15, -0.1) is 0 Å². The minimum absolute atomic E-state index is 0.331. The lowest BCUT2D eigenvalue weighted by molar-refractivity contribution is -0.131. The summed E-state index contributed by atoms with van der Waals surface area (Å²) < 4.78 is 5.51.